The summed E-state index contributed by atoms with van der Waals surface area (Å²) in [5, 5.41) is 12.5. The third-order valence-corrected chi connectivity index (χ3v) is 5.07. The van der Waals surface area contributed by atoms with Gasteiger partial charge in [0.25, 0.3) is 5.91 Å². The first-order valence-electron chi connectivity index (χ1n) is 8.12. The van der Waals surface area contributed by atoms with Crippen molar-refractivity contribution in [3.05, 3.63) is 59.4 Å². The molecule has 0 unspecified atom stereocenters. The topological polar surface area (TPSA) is 77.0 Å². The number of para-hydroxylation sites is 1. The van der Waals surface area contributed by atoms with Gasteiger partial charge in [-0.1, -0.05) is 36.0 Å². The molecule has 0 spiro atoms. The average molecular weight is 352 g/mol. The highest BCUT2D eigenvalue weighted by Crippen LogP contribution is 2.38. The molecule has 0 aliphatic heterocycles. The van der Waals surface area contributed by atoms with E-state index in [0.717, 1.165) is 17.8 Å². The van der Waals surface area contributed by atoms with Crippen LogP contribution in [0.1, 0.15) is 40.7 Å². The maximum atomic E-state index is 12.6. The highest BCUT2D eigenvalue weighted by Gasteiger charge is 2.24. The van der Waals surface area contributed by atoms with Gasteiger partial charge in [0.15, 0.2) is 11.4 Å². The van der Waals surface area contributed by atoms with Gasteiger partial charge in [-0.05, 0) is 37.1 Å². The van der Waals surface area contributed by atoms with Crippen molar-refractivity contribution in [1.82, 2.24) is 15.2 Å². The quantitative estimate of drug-likeness (QED) is 0.743. The summed E-state index contributed by atoms with van der Waals surface area (Å²) >= 11 is 1.43. The Bertz CT molecular complexity index is 878. The van der Waals surface area contributed by atoms with Crippen LogP contribution in [0.4, 0.5) is 5.13 Å². The fraction of sp³-hybridized carbons (Fsp3) is 0.222. The zero-order chi connectivity index (χ0) is 17.1. The van der Waals surface area contributed by atoms with Crippen LogP contribution in [0.2, 0.25) is 0 Å². The van der Waals surface area contributed by atoms with Gasteiger partial charge in [0.1, 0.15) is 10.8 Å². The van der Waals surface area contributed by atoms with Gasteiger partial charge in [-0.15, -0.1) is 10.2 Å². The summed E-state index contributed by atoms with van der Waals surface area (Å²) in [5.74, 6) is 1.18. The van der Waals surface area contributed by atoms with Crippen LogP contribution in [-0.2, 0) is 0 Å². The predicted octanol–water partition coefficient (Wildman–Crippen LogP) is 4.25. The standard InChI is InChI=1S/C18H16N4O2S/c23-16(20-18-22-21-17(25-18)12-6-4-7-12)15-14(10-5-11-19-15)24-13-8-2-1-3-9-13/h1-3,5,8-12H,4,6-7H2,(H,20,22,23). The van der Waals surface area contributed by atoms with E-state index in [4.69, 9.17) is 4.74 Å². The fourth-order valence-electron chi connectivity index (χ4n) is 2.52. The van der Waals surface area contributed by atoms with E-state index in [1.54, 1.807) is 18.3 Å². The van der Waals surface area contributed by atoms with Gasteiger partial charge in [-0.3, -0.25) is 10.1 Å². The lowest BCUT2D eigenvalue weighted by Gasteiger charge is -2.21. The van der Waals surface area contributed by atoms with Crippen molar-refractivity contribution in [2.45, 2.75) is 25.2 Å². The predicted molar refractivity (Wildman–Crippen MR) is 95.2 cm³/mol. The highest BCUT2D eigenvalue weighted by atomic mass is 32.1. The number of ether oxygens (including phenoxy) is 1. The molecule has 4 rings (SSSR count). The minimum Gasteiger partial charge on any atom is -0.455 e. The normalized spacial score (nSPS) is 13.9. The molecule has 7 heteroatoms. The van der Waals surface area contributed by atoms with Crippen LogP contribution in [0.25, 0.3) is 0 Å². The molecule has 0 bridgehead atoms. The Morgan fingerprint density at radius 3 is 2.72 bits per heavy atom. The number of rotatable bonds is 5. The van der Waals surface area contributed by atoms with Crippen LogP contribution < -0.4 is 10.1 Å². The molecule has 1 saturated carbocycles. The van der Waals surface area contributed by atoms with E-state index in [9.17, 15) is 4.79 Å². The van der Waals surface area contributed by atoms with Crippen LogP contribution in [0.5, 0.6) is 11.5 Å². The molecule has 1 aromatic carbocycles. The third kappa shape index (κ3) is 3.51. The van der Waals surface area contributed by atoms with Crippen LogP contribution in [0, 0.1) is 0 Å². The van der Waals surface area contributed by atoms with Gasteiger partial charge in [0.05, 0.1) is 0 Å². The van der Waals surface area contributed by atoms with Gasteiger partial charge >= 0.3 is 0 Å². The second-order valence-corrected chi connectivity index (χ2v) is 6.80. The van der Waals surface area contributed by atoms with Crippen molar-refractivity contribution in [1.29, 1.82) is 0 Å². The Kier molecular flexibility index (Phi) is 4.39. The van der Waals surface area contributed by atoms with E-state index in [1.807, 2.05) is 30.3 Å². The minimum atomic E-state index is -0.358. The van der Waals surface area contributed by atoms with E-state index in [-0.39, 0.29) is 11.6 Å². The van der Waals surface area contributed by atoms with E-state index >= 15 is 0 Å². The van der Waals surface area contributed by atoms with Crippen LogP contribution in [0.3, 0.4) is 0 Å². The lowest BCUT2D eigenvalue weighted by molar-refractivity contribution is 0.102. The summed E-state index contributed by atoms with van der Waals surface area (Å²) in [5.41, 5.74) is 0.215. The van der Waals surface area contributed by atoms with Gasteiger partial charge in [-0.25, -0.2) is 4.98 Å². The number of aromatic nitrogens is 3. The fourth-order valence-corrected chi connectivity index (χ4v) is 3.43. The second-order valence-electron chi connectivity index (χ2n) is 5.79. The number of hydrogen-bond donors (Lipinski definition) is 1. The van der Waals surface area contributed by atoms with Crippen molar-refractivity contribution >= 4 is 22.4 Å². The zero-order valence-corrected chi connectivity index (χ0v) is 14.2. The van der Waals surface area contributed by atoms with E-state index in [0.29, 0.717) is 22.5 Å². The Balaban J connectivity index is 1.51. The number of carbonyl (C=O) groups excluding carboxylic acids is 1. The number of carbonyl (C=O) groups is 1. The summed E-state index contributed by atoms with van der Waals surface area (Å²) in [7, 11) is 0. The first-order chi connectivity index (χ1) is 12.3. The Morgan fingerprint density at radius 2 is 1.96 bits per heavy atom. The Morgan fingerprint density at radius 1 is 1.12 bits per heavy atom. The molecule has 25 heavy (non-hydrogen) atoms. The number of pyridine rings is 1. The van der Waals surface area contributed by atoms with E-state index < -0.39 is 0 Å². The van der Waals surface area contributed by atoms with Crippen molar-refractivity contribution < 1.29 is 9.53 Å². The van der Waals surface area contributed by atoms with Gasteiger partial charge in [0, 0.05) is 12.1 Å². The second kappa shape index (κ2) is 6.98. The van der Waals surface area contributed by atoms with Crippen LogP contribution in [-0.4, -0.2) is 21.1 Å². The van der Waals surface area contributed by atoms with Crippen molar-refractivity contribution in [3.8, 4) is 11.5 Å². The summed E-state index contributed by atoms with van der Waals surface area (Å²) in [6.45, 7) is 0. The molecule has 1 N–H and O–H groups in total. The first kappa shape index (κ1) is 15.7. The number of hydrogen-bond acceptors (Lipinski definition) is 6. The van der Waals surface area contributed by atoms with Crippen molar-refractivity contribution in [3.63, 3.8) is 0 Å². The van der Waals surface area contributed by atoms with Crippen LogP contribution >= 0.6 is 11.3 Å². The lowest BCUT2D eigenvalue weighted by atomic mass is 9.86. The summed E-state index contributed by atoms with van der Waals surface area (Å²) in [4.78, 5) is 16.7. The molecule has 1 aliphatic carbocycles. The molecular weight excluding hydrogens is 336 g/mol. The molecule has 3 aromatic rings. The molecule has 1 aliphatic rings. The van der Waals surface area contributed by atoms with Crippen LogP contribution in [0.15, 0.2) is 48.7 Å². The molecule has 126 valence electrons. The summed E-state index contributed by atoms with van der Waals surface area (Å²) in [6, 6.07) is 12.7. The molecule has 0 atom stereocenters. The molecule has 0 saturated heterocycles. The van der Waals surface area contributed by atoms with Crippen molar-refractivity contribution in [2.75, 3.05) is 5.32 Å². The molecule has 2 heterocycles. The number of amides is 1. The summed E-state index contributed by atoms with van der Waals surface area (Å²) in [6.07, 6.45) is 5.10. The molecule has 0 radical (unpaired) electrons. The Hall–Kier alpha value is -2.80. The molecular formula is C18H16N4O2S. The average Bonchev–Trinajstić information content (AvgIpc) is 3.02. The highest BCUT2D eigenvalue weighted by molar-refractivity contribution is 7.15. The van der Waals surface area contributed by atoms with Crippen molar-refractivity contribution in [2.24, 2.45) is 0 Å². The number of nitrogens with one attached hydrogen (secondary N) is 1. The van der Waals surface area contributed by atoms with Gasteiger partial charge in [0.2, 0.25) is 5.13 Å². The van der Waals surface area contributed by atoms with Gasteiger partial charge < -0.3 is 4.74 Å². The van der Waals surface area contributed by atoms with E-state index in [2.05, 4.69) is 20.5 Å². The summed E-state index contributed by atoms with van der Waals surface area (Å²) < 4.78 is 5.78. The maximum absolute atomic E-state index is 12.6. The lowest BCUT2D eigenvalue weighted by Crippen LogP contribution is -2.14. The third-order valence-electron chi connectivity index (χ3n) is 4.07. The largest absolute Gasteiger partial charge is 0.455 e. The van der Waals surface area contributed by atoms with Gasteiger partial charge in [-0.2, -0.15) is 0 Å². The molecule has 2 aromatic heterocycles. The Labute approximate surface area is 148 Å². The number of benzene rings is 1. The number of anilines is 1. The van der Waals surface area contributed by atoms with E-state index in [1.165, 1.54) is 17.8 Å². The zero-order valence-electron chi connectivity index (χ0n) is 13.4. The number of nitrogens with zero attached hydrogens (tertiary/aromatic N) is 3. The molecule has 1 fully saturated rings. The minimum absolute atomic E-state index is 0.215. The first-order valence-corrected chi connectivity index (χ1v) is 8.94. The smallest absolute Gasteiger partial charge is 0.279 e. The maximum Gasteiger partial charge on any atom is 0.279 e. The SMILES string of the molecule is O=C(Nc1nnc(C2CCC2)s1)c1ncccc1Oc1ccccc1. The monoisotopic (exact) mass is 352 g/mol. The molecule has 6 nitrogen and oxygen atoms in total. The molecule has 1 amide bonds.